The zero-order chi connectivity index (χ0) is 17.7. The number of hydrogen-bond acceptors (Lipinski definition) is 2. The lowest BCUT2D eigenvalue weighted by atomic mass is 9.86. The monoisotopic (exact) mass is 322 g/mol. The van der Waals surface area contributed by atoms with Gasteiger partial charge in [-0.3, -0.25) is 0 Å². The Kier molecular flexibility index (Phi) is 5.97. The van der Waals surface area contributed by atoms with Crippen molar-refractivity contribution < 1.29 is 9.53 Å². The minimum absolute atomic E-state index is 0.336. The highest BCUT2D eigenvalue weighted by molar-refractivity contribution is 5.90. The van der Waals surface area contributed by atoms with Crippen molar-refractivity contribution >= 4 is 12.0 Å². The molecule has 0 aliphatic rings. The molecule has 0 atom stereocenters. The second-order valence-electron chi connectivity index (χ2n) is 6.56. The van der Waals surface area contributed by atoms with Gasteiger partial charge in [-0.25, -0.2) is 4.79 Å². The minimum atomic E-state index is -0.336. The second-order valence-corrected chi connectivity index (χ2v) is 6.56. The maximum atomic E-state index is 11.6. The van der Waals surface area contributed by atoms with Crippen molar-refractivity contribution in [1.82, 2.24) is 0 Å². The summed E-state index contributed by atoms with van der Waals surface area (Å²) < 4.78 is 4.75. The van der Waals surface area contributed by atoms with Gasteiger partial charge in [-0.1, -0.05) is 70.2 Å². The Hall–Kier alpha value is -2.35. The van der Waals surface area contributed by atoms with E-state index in [4.69, 9.17) is 4.74 Å². The van der Waals surface area contributed by atoms with E-state index in [-0.39, 0.29) is 5.97 Å². The summed E-state index contributed by atoms with van der Waals surface area (Å²) in [5, 5.41) is 0. The topological polar surface area (TPSA) is 26.3 Å². The summed E-state index contributed by atoms with van der Waals surface area (Å²) in [5.41, 5.74) is 6.01. The summed E-state index contributed by atoms with van der Waals surface area (Å²) in [4.78, 5) is 11.6. The van der Waals surface area contributed by atoms with E-state index in [1.165, 1.54) is 29.9 Å². The number of esters is 1. The van der Waals surface area contributed by atoms with Crippen molar-refractivity contribution in [3.63, 3.8) is 0 Å². The van der Waals surface area contributed by atoms with Gasteiger partial charge in [0.05, 0.1) is 7.11 Å². The van der Waals surface area contributed by atoms with E-state index in [2.05, 4.69) is 70.2 Å². The molecule has 0 aliphatic heterocycles. The lowest BCUT2D eigenvalue weighted by Gasteiger charge is -2.18. The number of benzene rings is 2. The zero-order valence-corrected chi connectivity index (χ0v) is 15.2. The molecule has 0 fully saturated rings. The molecule has 0 amide bonds. The van der Waals surface area contributed by atoms with Gasteiger partial charge in [-0.05, 0) is 45.7 Å². The maximum Gasteiger partial charge on any atom is 0.330 e. The van der Waals surface area contributed by atoms with Crippen LogP contribution in [0.5, 0.6) is 0 Å². The number of carbonyl (C=O) groups is 1. The molecule has 24 heavy (non-hydrogen) atoms. The Labute approximate surface area is 145 Å². The summed E-state index contributed by atoms with van der Waals surface area (Å²) >= 11 is 0. The average Bonchev–Trinajstić information content (AvgIpc) is 2.59. The van der Waals surface area contributed by atoms with E-state index in [0.717, 1.165) is 11.1 Å². The van der Waals surface area contributed by atoms with Crippen molar-refractivity contribution in [3.8, 4) is 11.1 Å². The molecular formula is C22H26O2. The Balaban J connectivity index is 2.69. The Morgan fingerprint density at radius 1 is 0.875 bits per heavy atom. The van der Waals surface area contributed by atoms with Gasteiger partial charge < -0.3 is 4.74 Å². The van der Waals surface area contributed by atoms with Crippen LogP contribution in [0, 0.1) is 0 Å². The highest BCUT2D eigenvalue weighted by Crippen LogP contribution is 2.35. The fraction of sp³-hybridized carbons (Fsp3) is 0.318. The standard InChI is InChI=1S/C22H26O2/c1-15(2)17-9-6-7-10-19(17)20-12-8-11-18(16(3)4)21(20)13-14-22(23)24-5/h6-16H,1-5H3/b14-13+. The average molecular weight is 322 g/mol. The third kappa shape index (κ3) is 3.94. The molecule has 0 aromatic heterocycles. The van der Waals surface area contributed by atoms with Gasteiger partial charge in [0, 0.05) is 6.08 Å². The highest BCUT2D eigenvalue weighted by atomic mass is 16.5. The van der Waals surface area contributed by atoms with Crippen LogP contribution < -0.4 is 0 Å². The Morgan fingerprint density at radius 3 is 2.08 bits per heavy atom. The molecule has 126 valence electrons. The number of ether oxygens (including phenoxy) is 1. The van der Waals surface area contributed by atoms with Gasteiger partial charge in [0.2, 0.25) is 0 Å². The number of hydrogen-bond donors (Lipinski definition) is 0. The van der Waals surface area contributed by atoms with Crippen LogP contribution in [-0.2, 0) is 9.53 Å². The van der Waals surface area contributed by atoms with Crippen LogP contribution in [0.15, 0.2) is 48.5 Å². The Bertz CT molecular complexity index is 739. The van der Waals surface area contributed by atoms with Gasteiger partial charge in [0.25, 0.3) is 0 Å². The molecule has 2 rings (SSSR count). The predicted molar refractivity (Wildman–Crippen MR) is 101 cm³/mol. The molecule has 0 radical (unpaired) electrons. The summed E-state index contributed by atoms with van der Waals surface area (Å²) in [7, 11) is 1.40. The maximum absolute atomic E-state index is 11.6. The van der Waals surface area contributed by atoms with Crippen LogP contribution in [-0.4, -0.2) is 13.1 Å². The lowest BCUT2D eigenvalue weighted by molar-refractivity contribution is -0.134. The molecule has 0 saturated carbocycles. The van der Waals surface area contributed by atoms with Crippen LogP contribution in [0.25, 0.3) is 17.2 Å². The molecule has 2 nitrogen and oxygen atoms in total. The largest absolute Gasteiger partial charge is 0.466 e. The fourth-order valence-electron chi connectivity index (χ4n) is 2.97. The van der Waals surface area contributed by atoms with E-state index in [1.54, 1.807) is 0 Å². The van der Waals surface area contributed by atoms with Gasteiger partial charge in [0.15, 0.2) is 0 Å². The van der Waals surface area contributed by atoms with Crippen LogP contribution in [0.4, 0.5) is 0 Å². The van der Waals surface area contributed by atoms with Crippen molar-refractivity contribution in [3.05, 3.63) is 65.2 Å². The van der Waals surface area contributed by atoms with Crippen molar-refractivity contribution in [2.24, 2.45) is 0 Å². The first-order chi connectivity index (χ1) is 11.5. The molecule has 2 aromatic rings. The predicted octanol–water partition coefficient (Wildman–Crippen LogP) is 5.79. The lowest BCUT2D eigenvalue weighted by Crippen LogP contribution is -1.99. The number of rotatable bonds is 5. The molecule has 0 spiro atoms. The molecule has 0 aliphatic carbocycles. The SMILES string of the molecule is COC(=O)/C=C/c1c(-c2ccccc2C(C)C)cccc1C(C)C. The molecule has 0 bridgehead atoms. The van der Waals surface area contributed by atoms with Crippen LogP contribution in [0.1, 0.15) is 56.2 Å². The Morgan fingerprint density at radius 2 is 1.46 bits per heavy atom. The minimum Gasteiger partial charge on any atom is -0.466 e. The van der Waals surface area contributed by atoms with Crippen molar-refractivity contribution in [1.29, 1.82) is 0 Å². The van der Waals surface area contributed by atoms with Gasteiger partial charge in [-0.2, -0.15) is 0 Å². The second kappa shape index (κ2) is 7.96. The number of carbonyl (C=O) groups excluding carboxylic acids is 1. The van der Waals surface area contributed by atoms with Crippen molar-refractivity contribution in [2.75, 3.05) is 7.11 Å². The van der Waals surface area contributed by atoms with Crippen molar-refractivity contribution in [2.45, 2.75) is 39.5 Å². The van der Waals surface area contributed by atoms with E-state index in [9.17, 15) is 4.79 Å². The normalized spacial score (nSPS) is 11.5. The van der Waals surface area contributed by atoms with E-state index in [0.29, 0.717) is 11.8 Å². The summed E-state index contributed by atoms with van der Waals surface area (Å²) in [5.74, 6) is 0.464. The highest BCUT2D eigenvalue weighted by Gasteiger charge is 2.14. The fourth-order valence-corrected chi connectivity index (χ4v) is 2.97. The van der Waals surface area contributed by atoms with E-state index >= 15 is 0 Å². The summed E-state index contributed by atoms with van der Waals surface area (Å²) in [6.45, 7) is 8.75. The van der Waals surface area contributed by atoms with Crippen LogP contribution >= 0.6 is 0 Å². The molecule has 2 heteroatoms. The smallest absolute Gasteiger partial charge is 0.330 e. The van der Waals surface area contributed by atoms with E-state index < -0.39 is 0 Å². The molecule has 0 N–H and O–H groups in total. The molecule has 0 unspecified atom stereocenters. The number of methoxy groups -OCH3 is 1. The van der Waals surface area contributed by atoms with Gasteiger partial charge >= 0.3 is 5.97 Å². The van der Waals surface area contributed by atoms with E-state index in [1.807, 2.05) is 6.08 Å². The quantitative estimate of drug-likeness (QED) is 0.514. The van der Waals surface area contributed by atoms with Crippen LogP contribution in [0.3, 0.4) is 0 Å². The first kappa shape index (κ1) is 18.0. The first-order valence-electron chi connectivity index (χ1n) is 8.44. The van der Waals surface area contributed by atoms with Crippen LogP contribution in [0.2, 0.25) is 0 Å². The molecule has 2 aromatic carbocycles. The third-order valence-electron chi connectivity index (χ3n) is 4.22. The zero-order valence-electron chi connectivity index (χ0n) is 15.2. The third-order valence-corrected chi connectivity index (χ3v) is 4.22. The molecular weight excluding hydrogens is 296 g/mol. The first-order valence-corrected chi connectivity index (χ1v) is 8.44. The van der Waals surface area contributed by atoms with Gasteiger partial charge in [-0.15, -0.1) is 0 Å². The summed E-state index contributed by atoms with van der Waals surface area (Å²) in [6.07, 6.45) is 3.39. The summed E-state index contributed by atoms with van der Waals surface area (Å²) in [6, 6.07) is 14.8. The van der Waals surface area contributed by atoms with Gasteiger partial charge in [0.1, 0.15) is 0 Å². The molecule has 0 heterocycles. The molecule has 0 saturated heterocycles.